The zero-order valence-electron chi connectivity index (χ0n) is 11.4. The Morgan fingerprint density at radius 1 is 1.45 bits per heavy atom. The summed E-state index contributed by atoms with van der Waals surface area (Å²) in [6.45, 7) is 0.463. The number of hydrogen-bond donors (Lipinski definition) is 2. The lowest BCUT2D eigenvalue weighted by Gasteiger charge is -2.17. The number of benzene rings is 1. The van der Waals surface area contributed by atoms with Gasteiger partial charge in [0.2, 0.25) is 0 Å². The lowest BCUT2D eigenvalue weighted by molar-refractivity contribution is -0.137. The third-order valence-electron chi connectivity index (χ3n) is 2.67. The number of carbonyl (C=O) groups excluding carboxylic acids is 1. The third kappa shape index (κ3) is 4.97. The van der Waals surface area contributed by atoms with Crippen LogP contribution in [-0.4, -0.2) is 42.7 Å². The highest BCUT2D eigenvalue weighted by Gasteiger charge is 2.10. The second-order valence-corrected chi connectivity index (χ2v) is 4.60. The molecule has 0 atom stereocenters. The van der Waals surface area contributed by atoms with Crippen molar-refractivity contribution in [1.82, 2.24) is 10.2 Å². The number of nitrogens with zero attached hydrogens (tertiary/aromatic N) is 1. The third-order valence-corrected chi connectivity index (χ3v) is 2.96. The molecule has 0 aliphatic rings. The first-order valence-corrected chi connectivity index (χ1v) is 6.35. The Morgan fingerprint density at radius 2 is 2.15 bits per heavy atom. The highest BCUT2D eigenvalue weighted by Crippen LogP contribution is 2.24. The van der Waals surface area contributed by atoms with E-state index in [1.807, 2.05) is 0 Å². The molecule has 20 heavy (non-hydrogen) atoms. The number of halogens is 1. The molecule has 0 saturated heterocycles. The fraction of sp³-hybridized carbons (Fsp3) is 0.385. The topological polar surface area (TPSA) is 78.9 Å². The van der Waals surface area contributed by atoms with Crippen molar-refractivity contribution in [2.24, 2.45) is 0 Å². The van der Waals surface area contributed by atoms with E-state index in [9.17, 15) is 9.59 Å². The molecule has 0 aliphatic carbocycles. The van der Waals surface area contributed by atoms with Gasteiger partial charge in [-0.05, 0) is 17.7 Å². The number of ether oxygens (including phenoxy) is 1. The van der Waals surface area contributed by atoms with E-state index in [-0.39, 0.29) is 19.0 Å². The average Bonchev–Trinajstić information content (AvgIpc) is 2.42. The van der Waals surface area contributed by atoms with Crippen LogP contribution in [0.4, 0.5) is 4.79 Å². The molecule has 1 rings (SSSR count). The van der Waals surface area contributed by atoms with Gasteiger partial charge in [-0.15, -0.1) is 0 Å². The van der Waals surface area contributed by atoms with Gasteiger partial charge in [0.15, 0.2) is 0 Å². The van der Waals surface area contributed by atoms with Crippen molar-refractivity contribution in [3.8, 4) is 5.75 Å². The Balaban J connectivity index is 2.48. The molecule has 2 amide bonds. The second-order valence-electron chi connectivity index (χ2n) is 4.19. The molecule has 0 unspecified atom stereocenters. The Labute approximate surface area is 122 Å². The molecule has 1 aromatic carbocycles. The molecule has 0 saturated carbocycles. The van der Waals surface area contributed by atoms with Gasteiger partial charge in [0.1, 0.15) is 5.75 Å². The predicted molar refractivity (Wildman–Crippen MR) is 75.1 cm³/mol. The van der Waals surface area contributed by atoms with E-state index in [1.165, 1.54) is 12.0 Å². The summed E-state index contributed by atoms with van der Waals surface area (Å²) in [5.41, 5.74) is 0.829. The minimum atomic E-state index is -0.938. The summed E-state index contributed by atoms with van der Waals surface area (Å²) in [4.78, 5) is 23.4. The van der Waals surface area contributed by atoms with Gasteiger partial charge in [-0.3, -0.25) is 4.79 Å². The molecule has 0 bridgehead atoms. The highest BCUT2D eigenvalue weighted by molar-refractivity contribution is 6.32. The average molecular weight is 301 g/mol. The smallest absolute Gasteiger partial charge is 0.317 e. The number of hydrogen-bond acceptors (Lipinski definition) is 3. The summed E-state index contributed by atoms with van der Waals surface area (Å²) < 4.78 is 5.04. The van der Waals surface area contributed by atoms with Crippen LogP contribution in [0.3, 0.4) is 0 Å². The number of amides is 2. The molecule has 110 valence electrons. The van der Waals surface area contributed by atoms with E-state index >= 15 is 0 Å². The number of carbonyl (C=O) groups is 2. The Kier molecular flexibility index (Phi) is 6.11. The molecule has 6 nitrogen and oxygen atoms in total. The zero-order chi connectivity index (χ0) is 15.1. The molecule has 0 radical (unpaired) electrons. The zero-order valence-corrected chi connectivity index (χ0v) is 12.1. The van der Waals surface area contributed by atoms with E-state index in [1.54, 1.807) is 25.2 Å². The Bertz CT molecular complexity index is 493. The summed E-state index contributed by atoms with van der Waals surface area (Å²) in [5.74, 6) is -0.369. The molecular formula is C13H17ClN2O4. The minimum absolute atomic E-state index is 0.0850. The molecule has 0 spiro atoms. The van der Waals surface area contributed by atoms with Gasteiger partial charge in [0.05, 0.1) is 18.6 Å². The van der Waals surface area contributed by atoms with Crippen LogP contribution in [0.2, 0.25) is 5.02 Å². The van der Waals surface area contributed by atoms with E-state index in [0.29, 0.717) is 17.3 Å². The van der Waals surface area contributed by atoms with Gasteiger partial charge in [-0.2, -0.15) is 0 Å². The molecule has 7 heteroatoms. The Hall–Kier alpha value is -1.95. The number of methoxy groups -OCH3 is 1. The van der Waals surface area contributed by atoms with Gasteiger partial charge in [0, 0.05) is 20.1 Å². The largest absolute Gasteiger partial charge is 0.495 e. The van der Waals surface area contributed by atoms with Crippen LogP contribution in [0.15, 0.2) is 18.2 Å². The lowest BCUT2D eigenvalue weighted by Crippen LogP contribution is -2.37. The number of carboxylic acids is 1. The molecule has 0 heterocycles. The van der Waals surface area contributed by atoms with Crippen LogP contribution in [-0.2, 0) is 11.3 Å². The highest BCUT2D eigenvalue weighted by atomic mass is 35.5. The molecule has 2 N–H and O–H groups in total. The van der Waals surface area contributed by atoms with Gasteiger partial charge >= 0.3 is 12.0 Å². The van der Waals surface area contributed by atoms with Crippen molar-refractivity contribution in [2.75, 3.05) is 20.7 Å². The first kappa shape index (κ1) is 16.1. The van der Waals surface area contributed by atoms with Crippen LogP contribution in [0.1, 0.15) is 12.0 Å². The number of urea groups is 1. The van der Waals surface area contributed by atoms with Crippen LogP contribution in [0.5, 0.6) is 5.75 Å². The maximum Gasteiger partial charge on any atom is 0.317 e. The molecular weight excluding hydrogens is 284 g/mol. The summed E-state index contributed by atoms with van der Waals surface area (Å²) in [6, 6.07) is 4.89. The van der Waals surface area contributed by atoms with E-state index < -0.39 is 5.97 Å². The summed E-state index contributed by atoms with van der Waals surface area (Å²) in [5, 5.41) is 11.7. The second kappa shape index (κ2) is 7.59. The quantitative estimate of drug-likeness (QED) is 0.842. The first-order valence-electron chi connectivity index (χ1n) is 5.97. The fourth-order valence-corrected chi connectivity index (χ4v) is 1.78. The molecule has 1 aromatic rings. The van der Waals surface area contributed by atoms with Crippen molar-refractivity contribution in [3.05, 3.63) is 28.8 Å². The van der Waals surface area contributed by atoms with Crippen LogP contribution in [0.25, 0.3) is 0 Å². The molecule has 0 aromatic heterocycles. The van der Waals surface area contributed by atoms with Crippen LogP contribution >= 0.6 is 11.6 Å². The van der Waals surface area contributed by atoms with Crippen molar-refractivity contribution >= 4 is 23.6 Å². The standard InChI is InChI=1S/C13H17ClN2O4/c1-16(6-5-12(17)18)13(19)15-8-9-3-4-11(20-2)10(14)7-9/h3-4,7H,5-6,8H2,1-2H3,(H,15,19)(H,17,18). The maximum atomic E-state index is 11.7. The maximum absolute atomic E-state index is 11.7. The normalized spacial score (nSPS) is 9.95. The minimum Gasteiger partial charge on any atom is -0.495 e. The van der Waals surface area contributed by atoms with Gasteiger partial charge < -0.3 is 20.1 Å². The van der Waals surface area contributed by atoms with Crippen molar-refractivity contribution in [2.45, 2.75) is 13.0 Å². The van der Waals surface area contributed by atoms with E-state index in [0.717, 1.165) is 5.56 Å². The first-order chi connectivity index (χ1) is 9.43. The molecule has 0 fully saturated rings. The lowest BCUT2D eigenvalue weighted by atomic mass is 10.2. The van der Waals surface area contributed by atoms with Crippen LogP contribution < -0.4 is 10.1 Å². The van der Waals surface area contributed by atoms with Gasteiger partial charge in [-0.25, -0.2) is 4.79 Å². The van der Waals surface area contributed by atoms with Gasteiger partial charge in [0.25, 0.3) is 0 Å². The molecule has 0 aliphatic heterocycles. The number of rotatable bonds is 6. The predicted octanol–water partition coefficient (Wildman–Crippen LogP) is 1.96. The summed E-state index contributed by atoms with van der Waals surface area (Å²) >= 11 is 5.98. The van der Waals surface area contributed by atoms with Crippen molar-refractivity contribution < 1.29 is 19.4 Å². The van der Waals surface area contributed by atoms with E-state index in [2.05, 4.69) is 5.32 Å². The Morgan fingerprint density at radius 3 is 2.70 bits per heavy atom. The van der Waals surface area contributed by atoms with E-state index in [4.69, 9.17) is 21.4 Å². The number of carboxylic acid groups (broad SMARTS) is 1. The summed E-state index contributed by atoms with van der Waals surface area (Å²) in [6.07, 6.45) is -0.0850. The number of nitrogens with one attached hydrogen (secondary N) is 1. The van der Waals surface area contributed by atoms with Gasteiger partial charge in [-0.1, -0.05) is 17.7 Å². The fourth-order valence-electron chi connectivity index (χ4n) is 1.50. The SMILES string of the molecule is COc1ccc(CNC(=O)N(C)CCC(=O)O)cc1Cl. The number of aliphatic carboxylic acids is 1. The monoisotopic (exact) mass is 300 g/mol. The van der Waals surface area contributed by atoms with Crippen molar-refractivity contribution in [1.29, 1.82) is 0 Å². The van der Waals surface area contributed by atoms with Crippen LogP contribution in [0, 0.1) is 0 Å². The van der Waals surface area contributed by atoms with Crippen molar-refractivity contribution in [3.63, 3.8) is 0 Å². The summed E-state index contributed by atoms with van der Waals surface area (Å²) in [7, 11) is 3.07.